The number of nitrogens with zero attached hydrogens (tertiary/aromatic N) is 1. The molecule has 2 aromatic rings. The summed E-state index contributed by atoms with van der Waals surface area (Å²) in [6.45, 7) is 2.65. The number of rotatable bonds is 6. The number of methoxy groups -OCH3 is 1. The summed E-state index contributed by atoms with van der Waals surface area (Å²) < 4.78 is 5.31. The minimum atomic E-state index is 0.136. The van der Waals surface area contributed by atoms with Gasteiger partial charge < -0.3 is 10.1 Å². The molecule has 1 amide bonds. The van der Waals surface area contributed by atoms with Crippen molar-refractivity contribution in [2.75, 3.05) is 13.7 Å². The third kappa shape index (κ3) is 4.15. The molecule has 0 bridgehead atoms. The second kappa shape index (κ2) is 7.79. The Labute approximate surface area is 147 Å². The lowest BCUT2D eigenvalue weighted by molar-refractivity contribution is -0.121. The minimum Gasteiger partial charge on any atom is -0.497 e. The Balaban J connectivity index is 1.53. The van der Waals surface area contributed by atoms with Crippen LogP contribution in [0, 0.1) is 6.92 Å². The number of hydrogen-bond acceptors (Lipinski definition) is 4. The van der Waals surface area contributed by atoms with E-state index in [9.17, 15) is 4.79 Å². The molecular formula is C19H24N2O2S. The summed E-state index contributed by atoms with van der Waals surface area (Å²) in [6, 6.07) is 6.24. The summed E-state index contributed by atoms with van der Waals surface area (Å²) in [7, 11) is 1.69. The fourth-order valence-corrected chi connectivity index (χ4v) is 4.13. The van der Waals surface area contributed by atoms with Crippen molar-refractivity contribution < 1.29 is 9.53 Å². The first kappa shape index (κ1) is 17.0. The van der Waals surface area contributed by atoms with Crippen LogP contribution in [-0.2, 0) is 17.6 Å². The quantitative estimate of drug-likeness (QED) is 0.870. The fraction of sp³-hybridized carbons (Fsp3) is 0.474. The van der Waals surface area contributed by atoms with Crippen LogP contribution < -0.4 is 10.1 Å². The Morgan fingerprint density at radius 3 is 3.08 bits per heavy atom. The molecule has 4 nitrogen and oxygen atoms in total. The number of nitrogens with one attached hydrogen (secondary N) is 1. The van der Waals surface area contributed by atoms with E-state index in [0.29, 0.717) is 18.9 Å². The maximum absolute atomic E-state index is 12.3. The third-order valence-corrected chi connectivity index (χ3v) is 5.57. The molecule has 128 valence electrons. The average Bonchev–Trinajstić information content (AvgIpc) is 3.00. The largest absolute Gasteiger partial charge is 0.497 e. The van der Waals surface area contributed by atoms with Crippen LogP contribution in [0.4, 0.5) is 0 Å². The standard InChI is InChI=1S/C19H24N2O2S/c1-13-12-24-19(21-13)8-9-20-18(22)11-15-5-3-4-14-10-16(23-2)6-7-17(14)15/h6-7,10,12,15H,3-5,8-9,11H2,1-2H3,(H,20,22). The molecule has 1 aliphatic rings. The second-order valence-corrected chi connectivity index (χ2v) is 7.28. The Morgan fingerprint density at radius 2 is 2.33 bits per heavy atom. The van der Waals surface area contributed by atoms with Crippen molar-refractivity contribution in [2.24, 2.45) is 0 Å². The van der Waals surface area contributed by atoms with E-state index in [0.717, 1.165) is 42.1 Å². The smallest absolute Gasteiger partial charge is 0.220 e. The van der Waals surface area contributed by atoms with Crippen LogP contribution in [0.1, 0.15) is 47.0 Å². The van der Waals surface area contributed by atoms with Crippen molar-refractivity contribution in [3.05, 3.63) is 45.4 Å². The fourth-order valence-electron chi connectivity index (χ4n) is 3.35. The van der Waals surface area contributed by atoms with E-state index in [4.69, 9.17) is 4.74 Å². The number of carbonyl (C=O) groups excluding carboxylic acids is 1. The average molecular weight is 344 g/mol. The van der Waals surface area contributed by atoms with Crippen LogP contribution >= 0.6 is 11.3 Å². The molecule has 1 aromatic carbocycles. The molecule has 0 saturated heterocycles. The van der Waals surface area contributed by atoms with Gasteiger partial charge in [-0.2, -0.15) is 0 Å². The highest BCUT2D eigenvalue weighted by atomic mass is 32.1. The van der Waals surface area contributed by atoms with Crippen LogP contribution in [0.25, 0.3) is 0 Å². The minimum absolute atomic E-state index is 0.136. The van der Waals surface area contributed by atoms with Crippen LogP contribution in [0.2, 0.25) is 0 Å². The monoisotopic (exact) mass is 344 g/mol. The molecule has 0 saturated carbocycles. The van der Waals surface area contributed by atoms with E-state index < -0.39 is 0 Å². The molecule has 3 rings (SSSR count). The van der Waals surface area contributed by atoms with Crippen LogP contribution in [0.15, 0.2) is 23.6 Å². The van der Waals surface area contributed by atoms with Crippen molar-refractivity contribution >= 4 is 17.2 Å². The SMILES string of the molecule is COc1ccc2c(c1)CCCC2CC(=O)NCCc1nc(C)cs1. The molecule has 0 fully saturated rings. The molecule has 0 spiro atoms. The van der Waals surface area contributed by atoms with Gasteiger partial charge in [-0.05, 0) is 55.4 Å². The van der Waals surface area contributed by atoms with Crippen LogP contribution in [0.3, 0.4) is 0 Å². The molecule has 5 heteroatoms. The molecule has 0 aliphatic heterocycles. The molecule has 1 unspecified atom stereocenters. The summed E-state index contributed by atoms with van der Waals surface area (Å²) in [5.74, 6) is 1.36. The number of thiazole rings is 1. The molecule has 1 atom stereocenters. The number of carbonyl (C=O) groups is 1. The summed E-state index contributed by atoms with van der Waals surface area (Å²) in [5.41, 5.74) is 3.69. The first-order valence-electron chi connectivity index (χ1n) is 8.50. The van der Waals surface area contributed by atoms with Gasteiger partial charge >= 0.3 is 0 Å². The second-order valence-electron chi connectivity index (χ2n) is 6.34. The van der Waals surface area contributed by atoms with Gasteiger partial charge in [0, 0.05) is 30.5 Å². The van der Waals surface area contributed by atoms with E-state index in [2.05, 4.69) is 22.4 Å². The maximum atomic E-state index is 12.3. The first-order chi connectivity index (χ1) is 11.7. The summed E-state index contributed by atoms with van der Waals surface area (Å²) in [4.78, 5) is 16.7. The summed E-state index contributed by atoms with van der Waals surface area (Å²) >= 11 is 1.66. The van der Waals surface area contributed by atoms with Gasteiger partial charge in [0.1, 0.15) is 5.75 Å². The lowest BCUT2D eigenvalue weighted by atomic mass is 9.81. The Hall–Kier alpha value is -1.88. The number of aryl methyl sites for hydroxylation is 2. The molecular weight excluding hydrogens is 320 g/mol. The molecule has 24 heavy (non-hydrogen) atoms. The van der Waals surface area contributed by atoms with Gasteiger partial charge in [0.15, 0.2) is 0 Å². The predicted molar refractivity (Wildman–Crippen MR) is 96.9 cm³/mol. The Bertz CT molecular complexity index is 711. The zero-order chi connectivity index (χ0) is 16.9. The third-order valence-electron chi connectivity index (χ3n) is 4.55. The van der Waals surface area contributed by atoms with E-state index in [1.54, 1.807) is 18.4 Å². The molecule has 1 heterocycles. The van der Waals surface area contributed by atoms with Gasteiger partial charge in [-0.3, -0.25) is 4.79 Å². The lowest BCUT2D eigenvalue weighted by Crippen LogP contribution is -2.28. The van der Waals surface area contributed by atoms with Crippen molar-refractivity contribution in [3.63, 3.8) is 0 Å². The zero-order valence-electron chi connectivity index (χ0n) is 14.3. The Kier molecular flexibility index (Phi) is 5.51. The summed E-state index contributed by atoms with van der Waals surface area (Å²) in [5, 5.41) is 6.18. The number of fused-ring (bicyclic) bond motifs is 1. The number of amides is 1. The van der Waals surface area contributed by atoms with E-state index in [1.165, 1.54) is 11.1 Å². The van der Waals surface area contributed by atoms with Gasteiger partial charge in [0.2, 0.25) is 5.91 Å². The van der Waals surface area contributed by atoms with Crippen LogP contribution in [-0.4, -0.2) is 24.5 Å². The Morgan fingerprint density at radius 1 is 1.46 bits per heavy atom. The number of hydrogen-bond donors (Lipinski definition) is 1. The highest BCUT2D eigenvalue weighted by molar-refractivity contribution is 7.09. The highest BCUT2D eigenvalue weighted by Gasteiger charge is 2.23. The van der Waals surface area contributed by atoms with Gasteiger partial charge in [-0.25, -0.2) is 4.98 Å². The van der Waals surface area contributed by atoms with Crippen molar-refractivity contribution in [1.29, 1.82) is 0 Å². The molecule has 0 radical (unpaired) electrons. The van der Waals surface area contributed by atoms with E-state index >= 15 is 0 Å². The van der Waals surface area contributed by atoms with Crippen molar-refractivity contribution in [1.82, 2.24) is 10.3 Å². The van der Waals surface area contributed by atoms with E-state index in [-0.39, 0.29) is 5.91 Å². The molecule has 1 N–H and O–H groups in total. The molecule has 1 aromatic heterocycles. The van der Waals surface area contributed by atoms with Gasteiger partial charge in [-0.1, -0.05) is 6.07 Å². The number of aromatic nitrogens is 1. The van der Waals surface area contributed by atoms with Gasteiger partial charge in [0.25, 0.3) is 0 Å². The normalized spacial score (nSPS) is 16.5. The van der Waals surface area contributed by atoms with Crippen molar-refractivity contribution in [2.45, 2.75) is 44.9 Å². The summed E-state index contributed by atoms with van der Waals surface area (Å²) in [6.07, 6.45) is 4.67. The predicted octanol–water partition coefficient (Wildman–Crippen LogP) is 3.63. The maximum Gasteiger partial charge on any atom is 0.220 e. The van der Waals surface area contributed by atoms with Gasteiger partial charge in [0.05, 0.1) is 12.1 Å². The zero-order valence-corrected chi connectivity index (χ0v) is 15.1. The lowest BCUT2D eigenvalue weighted by Gasteiger charge is -2.25. The van der Waals surface area contributed by atoms with Gasteiger partial charge in [-0.15, -0.1) is 11.3 Å². The van der Waals surface area contributed by atoms with E-state index in [1.807, 2.05) is 18.4 Å². The number of ether oxygens (including phenoxy) is 1. The van der Waals surface area contributed by atoms with Crippen LogP contribution in [0.5, 0.6) is 5.75 Å². The first-order valence-corrected chi connectivity index (χ1v) is 9.38. The topological polar surface area (TPSA) is 51.2 Å². The van der Waals surface area contributed by atoms with Crippen molar-refractivity contribution in [3.8, 4) is 5.75 Å². The number of benzene rings is 1. The highest BCUT2D eigenvalue weighted by Crippen LogP contribution is 2.35. The molecule has 1 aliphatic carbocycles.